The van der Waals surface area contributed by atoms with Gasteiger partial charge >= 0.3 is 0 Å². The Balaban J connectivity index is 1.69. The van der Waals surface area contributed by atoms with Crippen molar-refractivity contribution in [1.82, 2.24) is 4.90 Å². The third kappa shape index (κ3) is 4.44. The van der Waals surface area contributed by atoms with Crippen LogP contribution in [0.25, 0.3) is 6.08 Å². The first-order valence-corrected chi connectivity index (χ1v) is 12.0. The van der Waals surface area contributed by atoms with Crippen molar-refractivity contribution in [3.8, 4) is 0 Å². The SMILES string of the molecule is C/C(=C\c1ccccc1)CN1[C@H](c2ccccc2Br)O[C@@H]2C[C@H](C)CC[C@H]2C1(C)C. The zero-order valence-corrected chi connectivity index (χ0v) is 20.2. The summed E-state index contributed by atoms with van der Waals surface area (Å²) in [6, 6.07) is 19.2. The average Bonchev–Trinajstić information content (AvgIpc) is 2.71. The predicted octanol–water partition coefficient (Wildman–Crippen LogP) is 7.47. The van der Waals surface area contributed by atoms with Gasteiger partial charge in [-0.1, -0.05) is 89.5 Å². The van der Waals surface area contributed by atoms with Gasteiger partial charge in [0.2, 0.25) is 0 Å². The second-order valence-electron chi connectivity index (χ2n) is 9.76. The molecule has 0 amide bonds. The quantitative estimate of drug-likeness (QED) is 0.462. The number of hydrogen-bond donors (Lipinski definition) is 0. The van der Waals surface area contributed by atoms with Crippen LogP contribution in [0.3, 0.4) is 0 Å². The molecule has 1 saturated carbocycles. The van der Waals surface area contributed by atoms with Crippen LogP contribution in [0.5, 0.6) is 0 Å². The van der Waals surface area contributed by atoms with Gasteiger partial charge in [0.1, 0.15) is 6.23 Å². The summed E-state index contributed by atoms with van der Waals surface area (Å²) in [5, 5.41) is 0. The van der Waals surface area contributed by atoms with Crippen molar-refractivity contribution in [1.29, 1.82) is 0 Å². The molecule has 2 aliphatic rings. The topological polar surface area (TPSA) is 12.5 Å². The molecule has 160 valence electrons. The summed E-state index contributed by atoms with van der Waals surface area (Å²) in [6.45, 7) is 10.4. The van der Waals surface area contributed by atoms with Crippen LogP contribution in [0.1, 0.15) is 64.3 Å². The summed E-state index contributed by atoms with van der Waals surface area (Å²) < 4.78 is 8.02. The fourth-order valence-corrected chi connectivity index (χ4v) is 5.87. The van der Waals surface area contributed by atoms with E-state index < -0.39 is 0 Å². The van der Waals surface area contributed by atoms with Gasteiger partial charge in [0.05, 0.1) is 6.10 Å². The highest BCUT2D eigenvalue weighted by molar-refractivity contribution is 9.10. The van der Waals surface area contributed by atoms with Gasteiger partial charge in [0, 0.05) is 28.0 Å². The molecular formula is C27H34BrNO. The van der Waals surface area contributed by atoms with E-state index in [4.69, 9.17) is 4.74 Å². The van der Waals surface area contributed by atoms with E-state index in [1.54, 1.807) is 0 Å². The second kappa shape index (κ2) is 8.98. The maximum atomic E-state index is 6.90. The number of benzene rings is 2. The van der Waals surface area contributed by atoms with E-state index in [0.717, 1.165) is 16.9 Å². The molecule has 0 N–H and O–H groups in total. The molecule has 2 aromatic carbocycles. The van der Waals surface area contributed by atoms with Crippen molar-refractivity contribution >= 4 is 22.0 Å². The predicted molar refractivity (Wildman–Crippen MR) is 129 cm³/mol. The Morgan fingerprint density at radius 1 is 1.10 bits per heavy atom. The van der Waals surface area contributed by atoms with Crippen molar-refractivity contribution in [2.24, 2.45) is 11.8 Å². The Hall–Kier alpha value is -1.42. The first kappa shape index (κ1) is 21.8. The minimum absolute atomic E-state index is 0.0405. The van der Waals surface area contributed by atoms with Crippen molar-refractivity contribution in [3.05, 3.63) is 75.8 Å². The van der Waals surface area contributed by atoms with Crippen molar-refractivity contribution < 1.29 is 4.74 Å². The number of halogens is 1. The summed E-state index contributed by atoms with van der Waals surface area (Å²) in [5.74, 6) is 1.31. The lowest BCUT2D eigenvalue weighted by Gasteiger charge is -2.57. The molecule has 4 rings (SSSR count). The van der Waals surface area contributed by atoms with E-state index in [1.165, 1.54) is 36.0 Å². The zero-order chi connectivity index (χ0) is 21.3. The number of rotatable bonds is 4. The normalized spacial score (nSPS) is 29.4. The highest BCUT2D eigenvalue weighted by Crippen LogP contribution is 2.49. The Bertz CT molecular complexity index is 891. The summed E-state index contributed by atoms with van der Waals surface area (Å²) in [4.78, 5) is 2.60. The van der Waals surface area contributed by atoms with Crippen molar-refractivity contribution in [2.75, 3.05) is 6.54 Å². The molecule has 30 heavy (non-hydrogen) atoms. The lowest BCUT2D eigenvalue weighted by atomic mass is 9.69. The number of nitrogens with zero attached hydrogens (tertiary/aromatic N) is 1. The van der Waals surface area contributed by atoms with Crippen LogP contribution in [-0.4, -0.2) is 23.1 Å². The molecule has 1 saturated heterocycles. The Morgan fingerprint density at radius 3 is 2.53 bits per heavy atom. The third-order valence-electron chi connectivity index (χ3n) is 7.09. The van der Waals surface area contributed by atoms with Crippen LogP contribution in [0.15, 0.2) is 64.6 Å². The molecule has 0 unspecified atom stereocenters. The average molecular weight is 468 g/mol. The number of fused-ring (bicyclic) bond motifs is 1. The lowest BCUT2D eigenvalue weighted by Crippen LogP contribution is -2.61. The van der Waals surface area contributed by atoms with E-state index >= 15 is 0 Å². The van der Waals surface area contributed by atoms with Gasteiger partial charge in [-0.15, -0.1) is 0 Å². The van der Waals surface area contributed by atoms with Gasteiger partial charge in [-0.05, 0) is 51.2 Å². The Labute approximate surface area is 190 Å². The van der Waals surface area contributed by atoms with Gasteiger partial charge in [-0.2, -0.15) is 0 Å². The van der Waals surface area contributed by atoms with Crippen LogP contribution >= 0.6 is 15.9 Å². The van der Waals surface area contributed by atoms with Crippen LogP contribution in [0, 0.1) is 11.8 Å². The highest BCUT2D eigenvalue weighted by atomic mass is 79.9. The maximum absolute atomic E-state index is 6.90. The summed E-state index contributed by atoms with van der Waals surface area (Å²) >= 11 is 3.80. The minimum atomic E-state index is -0.0405. The molecule has 0 spiro atoms. The van der Waals surface area contributed by atoms with Crippen LogP contribution < -0.4 is 0 Å². The molecule has 4 atom stereocenters. The van der Waals surface area contributed by atoms with E-state index in [0.29, 0.717) is 12.0 Å². The standard InChI is InChI=1S/C27H34BrNO/c1-19-14-15-23-25(17-19)30-26(22-12-8-9-13-24(22)28)29(27(23,3)4)18-20(2)16-21-10-6-5-7-11-21/h5-13,16,19,23,25-26H,14-15,17-18H2,1-4H3/b20-16+/t19-,23-,25-,26+/m1/s1. The summed E-state index contributed by atoms with van der Waals surface area (Å²) in [7, 11) is 0. The molecule has 1 heterocycles. The molecule has 2 fully saturated rings. The molecule has 0 radical (unpaired) electrons. The molecule has 0 aromatic heterocycles. The van der Waals surface area contributed by atoms with Gasteiger partial charge < -0.3 is 4.74 Å². The van der Waals surface area contributed by atoms with Crippen LogP contribution in [0.4, 0.5) is 0 Å². The van der Waals surface area contributed by atoms with Gasteiger partial charge in [0.25, 0.3) is 0 Å². The molecular weight excluding hydrogens is 434 g/mol. The second-order valence-corrected chi connectivity index (χ2v) is 10.6. The van der Waals surface area contributed by atoms with Crippen molar-refractivity contribution in [3.63, 3.8) is 0 Å². The maximum Gasteiger partial charge on any atom is 0.138 e. The molecule has 2 aromatic rings. The zero-order valence-electron chi connectivity index (χ0n) is 18.6. The molecule has 3 heteroatoms. The van der Waals surface area contributed by atoms with Gasteiger partial charge in [0.15, 0.2) is 0 Å². The van der Waals surface area contributed by atoms with Gasteiger partial charge in [-0.25, -0.2) is 0 Å². The fourth-order valence-electron chi connectivity index (χ4n) is 5.39. The first-order chi connectivity index (χ1) is 14.4. The molecule has 1 aliphatic carbocycles. The molecule has 2 nitrogen and oxygen atoms in total. The first-order valence-electron chi connectivity index (χ1n) is 11.2. The van der Waals surface area contributed by atoms with E-state index in [9.17, 15) is 0 Å². The van der Waals surface area contributed by atoms with E-state index in [-0.39, 0.29) is 11.8 Å². The number of hydrogen-bond acceptors (Lipinski definition) is 2. The van der Waals surface area contributed by atoms with Gasteiger partial charge in [-0.3, -0.25) is 4.90 Å². The van der Waals surface area contributed by atoms with Crippen LogP contribution in [-0.2, 0) is 4.74 Å². The Morgan fingerprint density at radius 2 is 1.80 bits per heavy atom. The summed E-state index contributed by atoms with van der Waals surface area (Å²) in [6.07, 6.45) is 6.32. The fraction of sp³-hybridized carbons (Fsp3) is 0.481. The minimum Gasteiger partial charge on any atom is -0.355 e. The third-order valence-corrected chi connectivity index (χ3v) is 7.81. The summed E-state index contributed by atoms with van der Waals surface area (Å²) in [5.41, 5.74) is 3.91. The van der Waals surface area contributed by atoms with Crippen molar-refractivity contribution in [2.45, 2.75) is 64.8 Å². The number of ether oxygens (including phenoxy) is 1. The Kier molecular flexibility index (Phi) is 6.53. The monoisotopic (exact) mass is 467 g/mol. The molecule has 1 aliphatic heterocycles. The van der Waals surface area contributed by atoms with E-state index in [2.05, 4.69) is 109 Å². The largest absolute Gasteiger partial charge is 0.355 e. The smallest absolute Gasteiger partial charge is 0.138 e. The highest BCUT2D eigenvalue weighted by Gasteiger charge is 2.51. The van der Waals surface area contributed by atoms with Crippen LogP contribution in [0.2, 0.25) is 0 Å². The lowest BCUT2D eigenvalue weighted by molar-refractivity contribution is -0.234. The molecule has 0 bridgehead atoms. The van der Waals surface area contributed by atoms with E-state index in [1.807, 2.05) is 0 Å².